The molecule has 26 heavy (non-hydrogen) atoms. The van der Waals surface area contributed by atoms with Gasteiger partial charge in [0.2, 0.25) is 0 Å². The van der Waals surface area contributed by atoms with Crippen LogP contribution in [0.4, 0.5) is 23.8 Å². The highest BCUT2D eigenvalue weighted by atomic mass is 35.5. The maximum Gasteiger partial charge on any atom is 0.417 e. The zero-order valence-corrected chi connectivity index (χ0v) is 14.3. The summed E-state index contributed by atoms with van der Waals surface area (Å²) in [5, 5.41) is 2.69. The smallest absolute Gasteiger partial charge is 0.417 e. The molecular weight excluding hydrogens is 373 g/mol. The molecule has 1 saturated heterocycles. The largest absolute Gasteiger partial charge is 0.467 e. The van der Waals surface area contributed by atoms with Gasteiger partial charge in [-0.15, -0.1) is 0 Å². The van der Waals surface area contributed by atoms with E-state index < -0.39 is 11.7 Å². The second-order valence-electron chi connectivity index (χ2n) is 5.74. The molecule has 1 N–H and O–H groups in total. The highest BCUT2D eigenvalue weighted by Gasteiger charge is 2.32. The van der Waals surface area contributed by atoms with Crippen molar-refractivity contribution in [3.63, 3.8) is 0 Å². The van der Waals surface area contributed by atoms with Crippen LogP contribution in [0.5, 0.6) is 0 Å². The lowest BCUT2D eigenvalue weighted by Crippen LogP contribution is -2.52. The van der Waals surface area contributed by atoms with Crippen molar-refractivity contribution in [3.8, 4) is 0 Å². The number of piperazine rings is 1. The fourth-order valence-corrected chi connectivity index (χ4v) is 2.91. The van der Waals surface area contributed by atoms with Crippen LogP contribution >= 0.6 is 11.6 Å². The van der Waals surface area contributed by atoms with Gasteiger partial charge in [-0.25, -0.2) is 9.78 Å². The second kappa shape index (κ2) is 7.45. The fourth-order valence-electron chi connectivity index (χ4n) is 2.63. The Morgan fingerprint density at radius 2 is 2.04 bits per heavy atom. The number of nitrogens with one attached hydrogen (secondary N) is 1. The number of halogens is 4. The van der Waals surface area contributed by atoms with Crippen LogP contribution in [0, 0.1) is 0 Å². The molecule has 0 spiro atoms. The first-order chi connectivity index (χ1) is 12.3. The van der Waals surface area contributed by atoms with Crippen molar-refractivity contribution >= 4 is 23.4 Å². The molecule has 0 aliphatic carbocycles. The Bertz CT molecular complexity index is 759. The number of rotatable bonds is 3. The monoisotopic (exact) mass is 388 g/mol. The minimum Gasteiger partial charge on any atom is -0.467 e. The number of urea groups is 1. The molecule has 140 valence electrons. The lowest BCUT2D eigenvalue weighted by atomic mass is 10.2. The van der Waals surface area contributed by atoms with Crippen LogP contribution in [0.1, 0.15) is 11.3 Å². The van der Waals surface area contributed by atoms with Gasteiger partial charge >= 0.3 is 12.2 Å². The Hall–Kier alpha value is -2.42. The van der Waals surface area contributed by atoms with E-state index in [4.69, 9.17) is 16.0 Å². The highest BCUT2D eigenvalue weighted by molar-refractivity contribution is 6.33. The molecule has 2 aromatic heterocycles. The Balaban J connectivity index is 1.55. The van der Waals surface area contributed by atoms with Crippen molar-refractivity contribution in [1.29, 1.82) is 0 Å². The molecule has 2 amide bonds. The molecule has 1 aliphatic heterocycles. The number of carbonyl (C=O) groups excluding carboxylic acids is 1. The van der Waals surface area contributed by atoms with Crippen LogP contribution in [0.3, 0.4) is 0 Å². The van der Waals surface area contributed by atoms with E-state index in [0.717, 1.165) is 12.3 Å². The summed E-state index contributed by atoms with van der Waals surface area (Å²) in [6.45, 7) is 1.95. The minimum absolute atomic E-state index is 0.0597. The molecule has 3 rings (SSSR count). The van der Waals surface area contributed by atoms with Gasteiger partial charge in [-0.05, 0) is 18.2 Å². The van der Waals surface area contributed by atoms with Gasteiger partial charge in [0.1, 0.15) is 11.6 Å². The Labute approximate surface area is 152 Å². The normalized spacial score (nSPS) is 15.2. The van der Waals surface area contributed by atoms with Crippen molar-refractivity contribution < 1.29 is 22.4 Å². The molecule has 2 aromatic rings. The van der Waals surface area contributed by atoms with Crippen LogP contribution in [-0.2, 0) is 12.7 Å². The number of hydrogen-bond acceptors (Lipinski definition) is 4. The van der Waals surface area contributed by atoms with Crippen molar-refractivity contribution in [2.45, 2.75) is 12.7 Å². The molecular formula is C16H16ClF3N4O2. The highest BCUT2D eigenvalue weighted by Crippen LogP contribution is 2.33. The molecule has 0 unspecified atom stereocenters. The number of aromatic nitrogens is 1. The van der Waals surface area contributed by atoms with Crippen LogP contribution in [0.2, 0.25) is 5.02 Å². The van der Waals surface area contributed by atoms with Crippen LogP contribution in [0.15, 0.2) is 35.1 Å². The summed E-state index contributed by atoms with van der Waals surface area (Å²) in [6, 6.07) is 4.14. The first kappa shape index (κ1) is 18.4. The van der Waals surface area contributed by atoms with Gasteiger partial charge < -0.3 is 19.5 Å². The topological polar surface area (TPSA) is 61.6 Å². The summed E-state index contributed by atoms with van der Waals surface area (Å²) < 4.78 is 43.2. The maximum absolute atomic E-state index is 12.7. The van der Waals surface area contributed by atoms with Gasteiger partial charge in [-0.1, -0.05) is 11.6 Å². The quantitative estimate of drug-likeness (QED) is 0.875. The molecule has 3 heterocycles. The lowest BCUT2D eigenvalue weighted by Gasteiger charge is -2.35. The molecule has 1 fully saturated rings. The zero-order chi connectivity index (χ0) is 18.7. The van der Waals surface area contributed by atoms with E-state index in [0.29, 0.717) is 38.5 Å². The lowest BCUT2D eigenvalue weighted by molar-refractivity contribution is -0.137. The summed E-state index contributed by atoms with van der Waals surface area (Å²) in [5.74, 6) is 0.938. The molecule has 0 radical (unpaired) electrons. The van der Waals surface area contributed by atoms with Gasteiger partial charge in [0.25, 0.3) is 0 Å². The number of pyridine rings is 1. The first-order valence-corrected chi connectivity index (χ1v) is 8.25. The van der Waals surface area contributed by atoms with E-state index in [2.05, 4.69) is 10.3 Å². The van der Waals surface area contributed by atoms with E-state index in [1.165, 1.54) is 6.26 Å². The second-order valence-corrected chi connectivity index (χ2v) is 6.15. The van der Waals surface area contributed by atoms with Crippen LogP contribution < -0.4 is 10.2 Å². The predicted molar refractivity (Wildman–Crippen MR) is 89.0 cm³/mol. The van der Waals surface area contributed by atoms with E-state index in [1.807, 2.05) is 0 Å². The van der Waals surface area contributed by atoms with Crippen LogP contribution in [0.25, 0.3) is 0 Å². The SMILES string of the molecule is O=C(NCc1ccco1)N1CCN(c2ncc(C(F)(F)F)cc2Cl)CC1. The van der Waals surface area contributed by atoms with Gasteiger partial charge in [0, 0.05) is 32.4 Å². The summed E-state index contributed by atoms with van der Waals surface area (Å²) >= 11 is 5.97. The third kappa shape index (κ3) is 4.21. The van der Waals surface area contributed by atoms with Gasteiger partial charge in [-0.3, -0.25) is 0 Å². The average Bonchev–Trinajstić information content (AvgIpc) is 3.12. The van der Waals surface area contributed by atoms with Crippen molar-refractivity contribution in [1.82, 2.24) is 15.2 Å². The van der Waals surface area contributed by atoms with Crippen molar-refractivity contribution in [2.24, 2.45) is 0 Å². The number of anilines is 1. The third-order valence-corrected chi connectivity index (χ3v) is 4.29. The summed E-state index contributed by atoms with van der Waals surface area (Å²) in [7, 11) is 0. The van der Waals surface area contributed by atoms with Crippen LogP contribution in [-0.4, -0.2) is 42.1 Å². The van der Waals surface area contributed by atoms with Crippen molar-refractivity contribution in [2.75, 3.05) is 31.1 Å². The number of carbonyl (C=O) groups is 1. The molecule has 10 heteroatoms. The molecule has 1 aliphatic rings. The molecule has 6 nitrogen and oxygen atoms in total. The Kier molecular flexibility index (Phi) is 5.26. The maximum atomic E-state index is 12.7. The van der Waals surface area contributed by atoms with E-state index in [9.17, 15) is 18.0 Å². The van der Waals surface area contributed by atoms with E-state index in [-0.39, 0.29) is 16.9 Å². The number of nitrogens with zero attached hydrogens (tertiary/aromatic N) is 3. The van der Waals surface area contributed by atoms with Gasteiger partial charge in [0.05, 0.1) is 23.4 Å². The number of hydrogen-bond donors (Lipinski definition) is 1. The molecule has 0 atom stereocenters. The van der Waals surface area contributed by atoms with Crippen molar-refractivity contribution in [3.05, 3.63) is 47.0 Å². The van der Waals surface area contributed by atoms with E-state index >= 15 is 0 Å². The zero-order valence-electron chi connectivity index (χ0n) is 13.6. The van der Waals surface area contributed by atoms with Gasteiger partial charge in [0.15, 0.2) is 0 Å². The average molecular weight is 389 g/mol. The Morgan fingerprint density at radius 1 is 1.31 bits per heavy atom. The number of amides is 2. The third-order valence-electron chi connectivity index (χ3n) is 4.01. The molecule has 0 saturated carbocycles. The number of furan rings is 1. The van der Waals surface area contributed by atoms with E-state index in [1.54, 1.807) is 21.9 Å². The molecule has 0 bridgehead atoms. The molecule has 0 aromatic carbocycles. The summed E-state index contributed by atoms with van der Waals surface area (Å²) in [6.07, 6.45) is -2.19. The summed E-state index contributed by atoms with van der Waals surface area (Å²) in [4.78, 5) is 19.4. The fraction of sp³-hybridized carbons (Fsp3) is 0.375. The van der Waals surface area contributed by atoms with Gasteiger partial charge in [-0.2, -0.15) is 13.2 Å². The standard InChI is InChI=1S/C16H16ClF3N4O2/c17-13-8-11(16(18,19)20)9-21-14(13)23-3-5-24(6-4-23)15(25)22-10-12-2-1-7-26-12/h1-2,7-9H,3-6,10H2,(H,22,25). The summed E-state index contributed by atoms with van der Waals surface area (Å²) in [5.41, 5.74) is -0.887. The first-order valence-electron chi connectivity index (χ1n) is 7.87. The number of alkyl halides is 3. The minimum atomic E-state index is -4.49. The predicted octanol–water partition coefficient (Wildman–Crippen LogP) is 3.38. The Morgan fingerprint density at radius 3 is 2.62 bits per heavy atom.